The van der Waals surface area contributed by atoms with Crippen LogP contribution in [0.25, 0.3) is 0 Å². The van der Waals surface area contributed by atoms with Crippen molar-refractivity contribution in [2.45, 2.75) is 51.5 Å². The molecule has 3 atom stereocenters. The van der Waals surface area contributed by atoms with E-state index in [2.05, 4.69) is 10.0 Å². The van der Waals surface area contributed by atoms with Crippen LogP contribution in [0.5, 0.6) is 0 Å². The van der Waals surface area contributed by atoms with E-state index in [1.54, 1.807) is 19.1 Å². The maximum atomic E-state index is 14.5. The monoisotopic (exact) mass is 450 g/mol. The predicted molar refractivity (Wildman–Crippen MR) is 117 cm³/mol. The van der Waals surface area contributed by atoms with Crippen LogP contribution in [0.4, 0.5) is 14.5 Å². The summed E-state index contributed by atoms with van der Waals surface area (Å²) < 4.78 is 53.4. The molecule has 1 amide bonds. The molecular formula is C23H28F2N2O3S. The van der Waals surface area contributed by atoms with Crippen LogP contribution in [0.15, 0.2) is 36.4 Å². The lowest BCUT2D eigenvalue weighted by Crippen LogP contribution is -2.28. The maximum Gasteiger partial charge on any atom is 0.229 e. The molecule has 0 bridgehead atoms. The van der Waals surface area contributed by atoms with Gasteiger partial charge in [0.1, 0.15) is 11.6 Å². The van der Waals surface area contributed by atoms with Crippen LogP contribution in [-0.4, -0.2) is 20.6 Å². The summed E-state index contributed by atoms with van der Waals surface area (Å²) in [6.07, 6.45) is 1.58. The van der Waals surface area contributed by atoms with Crippen LogP contribution in [-0.2, 0) is 20.2 Å². The Labute approximate surface area is 182 Å². The molecule has 5 nitrogen and oxygen atoms in total. The van der Waals surface area contributed by atoms with E-state index < -0.39 is 21.9 Å². The van der Waals surface area contributed by atoms with E-state index in [4.69, 9.17) is 0 Å². The van der Waals surface area contributed by atoms with Gasteiger partial charge in [0.05, 0.1) is 18.0 Å². The van der Waals surface area contributed by atoms with Gasteiger partial charge >= 0.3 is 0 Å². The van der Waals surface area contributed by atoms with Gasteiger partial charge in [-0.2, -0.15) is 0 Å². The Morgan fingerprint density at radius 3 is 2.32 bits per heavy atom. The molecule has 1 aliphatic carbocycles. The number of anilines is 1. The van der Waals surface area contributed by atoms with E-state index in [9.17, 15) is 22.0 Å². The van der Waals surface area contributed by atoms with Gasteiger partial charge in [-0.1, -0.05) is 39.0 Å². The average Bonchev–Trinajstić information content (AvgIpc) is 3.42. The second kappa shape index (κ2) is 8.22. The molecule has 0 spiro atoms. The molecule has 0 saturated heterocycles. The van der Waals surface area contributed by atoms with Crippen LogP contribution in [0, 0.1) is 17.6 Å². The van der Waals surface area contributed by atoms with E-state index in [-0.39, 0.29) is 34.7 Å². The largest absolute Gasteiger partial charge is 0.349 e. The zero-order valence-electron chi connectivity index (χ0n) is 18.3. The van der Waals surface area contributed by atoms with Gasteiger partial charge in [0.15, 0.2) is 0 Å². The van der Waals surface area contributed by atoms with Crippen molar-refractivity contribution in [3.05, 3.63) is 64.7 Å². The standard InChI is InChI=1S/C23H28F2N2O3S/c1-13(14-7-9-21(20(25)10-14)27-31(5,29)30)26-22(28)17-12-16(17)15-6-8-18(19(24)11-15)23(2,3)4/h6-11,13,16-17,27H,12H2,1-5H3,(H,26,28)/t13?,16?,17-/m1/s1. The van der Waals surface area contributed by atoms with Gasteiger partial charge in [0.25, 0.3) is 0 Å². The maximum absolute atomic E-state index is 14.5. The first-order valence-electron chi connectivity index (χ1n) is 10.1. The lowest BCUT2D eigenvalue weighted by molar-refractivity contribution is -0.123. The van der Waals surface area contributed by atoms with Crippen molar-refractivity contribution < 1.29 is 22.0 Å². The van der Waals surface area contributed by atoms with Crippen molar-refractivity contribution in [3.63, 3.8) is 0 Å². The molecule has 0 aromatic heterocycles. The molecule has 2 unspecified atom stereocenters. The molecule has 168 valence electrons. The quantitative estimate of drug-likeness (QED) is 0.675. The number of carbonyl (C=O) groups excluding carboxylic acids is 1. The van der Waals surface area contributed by atoms with E-state index in [1.807, 2.05) is 26.8 Å². The van der Waals surface area contributed by atoms with Crippen LogP contribution >= 0.6 is 0 Å². The fourth-order valence-electron chi connectivity index (χ4n) is 3.71. The fourth-order valence-corrected chi connectivity index (χ4v) is 4.28. The van der Waals surface area contributed by atoms with Gasteiger partial charge in [0, 0.05) is 5.92 Å². The summed E-state index contributed by atoms with van der Waals surface area (Å²) in [4.78, 5) is 12.6. The highest BCUT2D eigenvalue weighted by atomic mass is 32.2. The number of hydrogen-bond acceptors (Lipinski definition) is 3. The summed E-state index contributed by atoms with van der Waals surface area (Å²) in [5.74, 6) is -1.44. The van der Waals surface area contributed by atoms with Gasteiger partial charge in [-0.15, -0.1) is 0 Å². The van der Waals surface area contributed by atoms with E-state index in [1.165, 1.54) is 18.2 Å². The van der Waals surface area contributed by atoms with Crippen molar-refractivity contribution in [2.75, 3.05) is 11.0 Å². The van der Waals surface area contributed by atoms with Gasteiger partial charge in [-0.3, -0.25) is 9.52 Å². The lowest BCUT2D eigenvalue weighted by Gasteiger charge is -2.20. The number of carbonyl (C=O) groups is 1. The van der Waals surface area contributed by atoms with Crippen LogP contribution in [0.3, 0.4) is 0 Å². The Hall–Kier alpha value is -2.48. The lowest BCUT2D eigenvalue weighted by atomic mass is 9.86. The predicted octanol–water partition coefficient (Wildman–Crippen LogP) is 4.61. The third-order valence-electron chi connectivity index (χ3n) is 5.50. The molecule has 31 heavy (non-hydrogen) atoms. The zero-order chi connectivity index (χ0) is 23.1. The number of amides is 1. The molecule has 1 saturated carbocycles. The van der Waals surface area contributed by atoms with Crippen molar-refractivity contribution in [1.29, 1.82) is 0 Å². The number of hydrogen-bond donors (Lipinski definition) is 2. The smallest absolute Gasteiger partial charge is 0.229 e. The normalized spacial score (nSPS) is 19.6. The minimum Gasteiger partial charge on any atom is -0.349 e. The highest BCUT2D eigenvalue weighted by molar-refractivity contribution is 7.92. The number of benzene rings is 2. The first-order chi connectivity index (χ1) is 14.3. The first-order valence-corrected chi connectivity index (χ1v) is 12.0. The molecular weight excluding hydrogens is 422 g/mol. The molecule has 0 heterocycles. The Bertz CT molecular complexity index is 1110. The van der Waals surface area contributed by atoms with Gasteiger partial charge < -0.3 is 5.32 Å². The van der Waals surface area contributed by atoms with Crippen LogP contribution < -0.4 is 10.0 Å². The molecule has 1 aliphatic rings. The second-order valence-electron chi connectivity index (χ2n) is 9.28. The molecule has 0 aliphatic heterocycles. The van der Waals surface area contributed by atoms with Crippen molar-refractivity contribution >= 4 is 21.6 Å². The van der Waals surface area contributed by atoms with E-state index in [0.717, 1.165) is 11.8 Å². The van der Waals surface area contributed by atoms with E-state index in [0.29, 0.717) is 17.5 Å². The van der Waals surface area contributed by atoms with Crippen LogP contribution in [0.2, 0.25) is 0 Å². The molecule has 1 fully saturated rings. The minimum atomic E-state index is -3.59. The first kappa shape index (κ1) is 23.2. The van der Waals surface area contributed by atoms with Gasteiger partial charge in [-0.25, -0.2) is 17.2 Å². The average molecular weight is 451 g/mol. The molecule has 2 aromatic rings. The number of sulfonamides is 1. The Morgan fingerprint density at radius 1 is 1.10 bits per heavy atom. The van der Waals surface area contributed by atoms with Crippen molar-refractivity contribution in [3.8, 4) is 0 Å². The van der Waals surface area contributed by atoms with Crippen LogP contribution in [0.1, 0.15) is 62.8 Å². The highest BCUT2D eigenvalue weighted by Gasteiger charge is 2.44. The third kappa shape index (κ3) is 5.61. The van der Waals surface area contributed by atoms with Crippen molar-refractivity contribution in [1.82, 2.24) is 5.32 Å². The fraction of sp³-hybridized carbons (Fsp3) is 0.435. The summed E-state index contributed by atoms with van der Waals surface area (Å²) in [6, 6.07) is 8.81. The summed E-state index contributed by atoms with van der Waals surface area (Å²) in [5.41, 5.74) is 1.53. The van der Waals surface area contributed by atoms with Crippen molar-refractivity contribution in [2.24, 2.45) is 5.92 Å². The number of halogens is 2. The Balaban J connectivity index is 1.64. The zero-order valence-corrected chi connectivity index (χ0v) is 19.1. The van der Waals surface area contributed by atoms with Gasteiger partial charge in [0.2, 0.25) is 15.9 Å². The summed E-state index contributed by atoms with van der Waals surface area (Å²) >= 11 is 0. The topological polar surface area (TPSA) is 75.3 Å². The number of nitrogens with one attached hydrogen (secondary N) is 2. The number of rotatable bonds is 6. The molecule has 8 heteroatoms. The molecule has 0 radical (unpaired) electrons. The Morgan fingerprint density at radius 2 is 1.77 bits per heavy atom. The SMILES string of the molecule is CC(NC(=O)[C@@H]1CC1c1ccc(C(C)(C)C)c(F)c1)c1ccc(NS(C)(=O)=O)c(F)c1. The molecule has 2 N–H and O–H groups in total. The van der Waals surface area contributed by atoms with Gasteiger partial charge in [-0.05, 0) is 59.6 Å². The molecule has 3 rings (SSSR count). The van der Waals surface area contributed by atoms with E-state index >= 15 is 0 Å². The molecule has 2 aromatic carbocycles. The highest BCUT2D eigenvalue weighted by Crippen LogP contribution is 2.48. The summed E-state index contributed by atoms with van der Waals surface area (Å²) in [5, 5.41) is 2.87. The minimum absolute atomic E-state index is 0.0335. The third-order valence-corrected chi connectivity index (χ3v) is 6.09. The summed E-state index contributed by atoms with van der Waals surface area (Å²) in [6.45, 7) is 7.58. The summed E-state index contributed by atoms with van der Waals surface area (Å²) in [7, 11) is -3.59. The second-order valence-corrected chi connectivity index (χ2v) is 11.0. The Kier molecular flexibility index (Phi) is 6.15.